The number of amides is 2. The van der Waals surface area contributed by atoms with Gasteiger partial charge in [-0.3, -0.25) is 9.59 Å². The summed E-state index contributed by atoms with van der Waals surface area (Å²) < 4.78 is 0. The van der Waals surface area contributed by atoms with Crippen LogP contribution in [0.25, 0.3) is 21.7 Å². The predicted molar refractivity (Wildman–Crippen MR) is 126 cm³/mol. The summed E-state index contributed by atoms with van der Waals surface area (Å²) in [7, 11) is 0. The fourth-order valence-corrected chi connectivity index (χ4v) is 4.87. The molecule has 1 unspecified atom stereocenters. The molecule has 4 aromatic rings. The first-order valence-corrected chi connectivity index (χ1v) is 10.8. The Balaban J connectivity index is 1.57. The number of alkyl halides is 1. The number of halogens is 1. The molecule has 0 saturated heterocycles. The minimum atomic E-state index is -0.130. The second-order valence-corrected chi connectivity index (χ2v) is 8.41. The first-order valence-electron chi connectivity index (χ1n) is 10.3. The number of hydrogen-bond acceptors (Lipinski definition) is 2. The number of carbonyl (C=O) groups is 2. The van der Waals surface area contributed by atoms with Crippen LogP contribution >= 0.6 is 11.6 Å². The normalized spacial score (nSPS) is 15.5. The van der Waals surface area contributed by atoms with E-state index >= 15 is 0 Å². The lowest BCUT2D eigenvalue weighted by atomic mass is 9.93. The van der Waals surface area contributed by atoms with Crippen molar-refractivity contribution >= 4 is 56.5 Å². The van der Waals surface area contributed by atoms with Crippen LogP contribution in [0.3, 0.4) is 0 Å². The maximum atomic E-state index is 13.5. The molecule has 0 aliphatic carbocycles. The van der Waals surface area contributed by atoms with E-state index in [0.717, 1.165) is 33.1 Å². The molecule has 2 N–H and O–H groups in total. The van der Waals surface area contributed by atoms with Crippen LogP contribution < -0.4 is 10.2 Å². The van der Waals surface area contributed by atoms with Gasteiger partial charge in [-0.1, -0.05) is 24.3 Å². The molecule has 0 radical (unpaired) electrons. The molecule has 1 atom stereocenters. The van der Waals surface area contributed by atoms with Crippen LogP contribution in [-0.2, 0) is 4.79 Å². The molecule has 31 heavy (non-hydrogen) atoms. The smallest absolute Gasteiger partial charge is 0.274 e. The number of H-pyrrole nitrogens is 1. The Morgan fingerprint density at radius 1 is 1.13 bits per heavy atom. The highest BCUT2D eigenvalue weighted by Crippen LogP contribution is 2.43. The number of aryl methyl sites for hydroxylation is 1. The molecular weight excluding hydrogens is 410 g/mol. The lowest BCUT2D eigenvalue weighted by Crippen LogP contribution is -2.30. The van der Waals surface area contributed by atoms with Crippen molar-refractivity contribution in [1.82, 2.24) is 4.98 Å². The average Bonchev–Trinajstić information content (AvgIpc) is 3.34. The van der Waals surface area contributed by atoms with Crippen molar-refractivity contribution in [2.24, 2.45) is 0 Å². The summed E-state index contributed by atoms with van der Waals surface area (Å²) >= 11 is 6.33. The summed E-state index contributed by atoms with van der Waals surface area (Å²) in [5, 5.41) is 6.01. The highest BCUT2D eigenvalue weighted by Gasteiger charge is 2.34. The number of aromatic amines is 1. The Bertz CT molecular complexity index is 1360. The molecule has 1 aliphatic rings. The highest BCUT2D eigenvalue weighted by atomic mass is 35.5. The third kappa shape index (κ3) is 3.26. The SMILES string of the molecule is CC(=O)Nc1ccc2[nH]c(C(=O)N3CC(CCl)c4c3cc(C)c3ccccc43)cc2c1. The Kier molecular flexibility index (Phi) is 4.71. The van der Waals surface area contributed by atoms with Gasteiger partial charge in [-0.25, -0.2) is 0 Å². The monoisotopic (exact) mass is 431 g/mol. The zero-order chi connectivity index (χ0) is 21.7. The number of benzene rings is 3. The molecule has 5 nitrogen and oxygen atoms in total. The number of carbonyl (C=O) groups excluding carboxylic acids is 2. The van der Waals surface area contributed by atoms with E-state index in [1.54, 1.807) is 0 Å². The lowest BCUT2D eigenvalue weighted by Gasteiger charge is -2.18. The minimum Gasteiger partial charge on any atom is -0.351 e. The second kappa shape index (κ2) is 7.43. The van der Waals surface area contributed by atoms with E-state index in [-0.39, 0.29) is 17.7 Å². The van der Waals surface area contributed by atoms with Gasteiger partial charge in [0, 0.05) is 47.5 Å². The number of aromatic nitrogens is 1. The molecule has 2 amide bonds. The van der Waals surface area contributed by atoms with Crippen molar-refractivity contribution in [3.8, 4) is 0 Å². The van der Waals surface area contributed by atoms with Gasteiger partial charge in [0.05, 0.1) is 0 Å². The molecule has 1 aromatic heterocycles. The molecule has 6 heteroatoms. The maximum absolute atomic E-state index is 13.5. The van der Waals surface area contributed by atoms with Gasteiger partial charge in [0.25, 0.3) is 5.91 Å². The van der Waals surface area contributed by atoms with Gasteiger partial charge in [-0.2, -0.15) is 0 Å². The first-order chi connectivity index (χ1) is 15.0. The fraction of sp³-hybridized carbons (Fsp3) is 0.200. The molecule has 0 fully saturated rings. The molecule has 1 aliphatic heterocycles. The number of anilines is 2. The first kappa shape index (κ1) is 19.6. The standard InChI is InChI=1S/C25H22ClN3O2/c1-14-9-23-24(20-6-4-3-5-19(14)20)17(12-26)13-29(23)25(31)22-11-16-10-18(27-15(2)30)7-8-21(16)28-22/h3-11,17,28H,12-13H2,1-2H3,(H,27,30). The highest BCUT2D eigenvalue weighted by molar-refractivity contribution is 6.19. The summed E-state index contributed by atoms with van der Waals surface area (Å²) in [5.41, 5.74) is 5.29. The van der Waals surface area contributed by atoms with Gasteiger partial charge in [-0.05, 0) is 59.2 Å². The van der Waals surface area contributed by atoms with Crippen molar-refractivity contribution in [2.75, 3.05) is 22.6 Å². The van der Waals surface area contributed by atoms with Crippen LogP contribution in [0.5, 0.6) is 0 Å². The third-order valence-corrected chi connectivity index (χ3v) is 6.35. The number of rotatable bonds is 3. The largest absolute Gasteiger partial charge is 0.351 e. The van der Waals surface area contributed by atoms with Crippen LogP contribution in [0.15, 0.2) is 54.6 Å². The Morgan fingerprint density at radius 2 is 1.90 bits per heavy atom. The van der Waals surface area contributed by atoms with Crippen molar-refractivity contribution < 1.29 is 9.59 Å². The Labute approximate surface area is 185 Å². The molecule has 0 bridgehead atoms. The number of fused-ring (bicyclic) bond motifs is 4. The van der Waals surface area contributed by atoms with Crippen molar-refractivity contribution in [3.05, 3.63) is 71.4 Å². The van der Waals surface area contributed by atoms with E-state index in [1.807, 2.05) is 41.3 Å². The lowest BCUT2D eigenvalue weighted by molar-refractivity contribution is -0.114. The number of nitrogens with one attached hydrogen (secondary N) is 2. The van der Waals surface area contributed by atoms with E-state index in [4.69, 9.17) is 11.6 Å². The van der Waals surface area contributed by atoms with Crippen molar-refractivity contribution in [1.29, 1.82) is 0 Å². The predicted octanol–water partition coefficient (Wildman–Crippen LogP) is 5.57. The van der Waals surface area contributed by atoms with Gasteiger partial charge in [0.2, 0.25) is 5.91 Å². The van der Waals surface area contributed by atoms with E-state index in [1.165, 1.54) is 12.3 Å². The summed E-state index contributed by atoms with van der Waals surface area (Å²) in [6.07, 6.45) is 0. The number of nitrogens with zero attached hydrogens (tertiary/aromatic N) is 1. The molecule has 3 aromatic carbocycles. The van der Waals surface area contributed by atoms with Gasteiger partial charge in [0.1, 0.15) is 5.69 Å². The van der Waals surface area contributed by atoms with Crippen molar-refractivity contribution in [3.63, 3.8) is 0 Å². The molecule has 0 spiro atoms. The summed E-state index contributed by atoms with van der Waals surface area (Å²) in [6.45, 7) is 4.10. The van der Waals surface area contributed by atoms with Crippen LogP contribution in [0, 0.1) is 6.92 Å². The van der Waals surface area contributed by atoms with E-state index in [2.05, 4.69) is 35.4 Å². The summed E-state index contributed by atoms with van der Waals surface area (Å²) in [6, 6.07) is 17.8. The van der Waals surface area contributed by atoms with Crippen LogP contribution in [0.2, 0.25) is 0 Å². The van der Waals surface area contributed by atoms with E-state index < -0.39 is 0 Å². The van der Waals surface area contributed by atoms with Crippen LogP contribution in [0.4, 0.5) is 11.4 Å². The zero-order valence-electron chi connectivity index (χ0n) is 17.3. The van der Waals surface area contributed by atoms with Crippen molar-refractivity contribution in [2.45, 2.75) is 19.8 Å². The molecular formula is C25H22ClN3O2. The topological polar surface area (TPSA) is 65.2 Å². The van der Waals surface area contributed by atoms with Crippen LogP contribution in [-0.4, -0.2) is 29.2 Å². The van der Waals surface area contributed by atoms with E-state index in [9.17, 15) is 9.59 Å². The Morgan fingerprint density at radius 3 is 2.65 bits per heavy atom. The third-order valence-electron chi connectivity index (χ3n) is 5.98. The fourth-order valence-electron chi connectivity index (χ4n) is 4.62. The molecule has 156 valence electrons. The second-order valence-electron chi connectivity index (χ2n) is 8.11. The zero-order valence-corrected chi connectivity index (χ0v) is 18.1. The maximum Gasteiger partial charge on any atom is 0.274 e. The summed E-state index contributed by atoms with van der Waals surface area (Å²) in [5.74, 6) is 0.327. The number of hydrogen-bond donors (Lipinski definition) is 2. The molecule has 0 saturated carbocycles. The molecule has 5 rings (SSSR count). The van der Waals surface area contributed by atoms with Crippen LogP contribution in [0.1, 0.15) is 34.5 Å². The Hall–Kier alpha value is -3.31. The van der Waals surface area contributed by atoms with Gasteiger partial charge >= 0.3 is 0 Å². The summed E-state index contributed by atoms with van der Waals surface area (Å²) in [4.78, 5) is 29.9. The van der Waals surface area contributed by atoms with Gasteiger partial charge in [0.15, 0.2) is 0 Å². The quantitative estimate of drug-likeness (QED) is 0.416. The van der Waals surface area contributed by atoms with Gasteiger partial charge < -0.3 is 15.2 Å². The molecule has 2 heterocycles. The minimum absolute atomic E-state index is 0.0826. The van der Waals surface area contributed by atoms with Gasteiger partial charge in [-0.15, -0.1) is 11.6 Å². The average molecular weight is 432 g/mol. The van der Waals surface area contributed by atoms with E-state index in [0.29, 0.717) is 23.8 Å².